The number of rotatable bonds is 6. The third kappa shape index (κ3) is 6.18. The maximum atomic E-state index is 11.8. The van der Waals surface area contributed by atoms with Crippen molar-refractivity contribution in [1.82, 2.24) is 9.44 Å². The highest BCUT2D eigenvalue weighted by Crippen LogP contribution is 2.19. The van der Waals surface area contributed by atoms with Gasteiger partial charge in [0, 0.05) is 6.54 Å². The number of ether oxygens (including phenoxy) is 1. The number of nitrogens with one attached hydrogen (secondary N) is 2. The van der Waals surface area contributed by atoms with E-state index in [1.165, 1.54) is 4.72 Å². The van der Waals surface area contributed by atoms with Crippen LogP contribution in [0.25, 0.3) is 0 Å². The molecule has 0 aliphatic carbocycles. The lowest BCUT2D eigenvalue weighted by Crippen LogP contribution is -2.44. The van der Waals surface area contributed by atoms with Crippen LogP contribution < -0.4 is 9.44 Å². The zero-order valence-electron chi connectivity index (χ0n) is 9.61. The lowest BCUT2D eigenvalue weighted by molar-refractivity contribution is -0.149. The Morgan fingerprint density at radius 1 is 1.32 bits per heavy atom. The van der Waals surface area contributed by atoms with E-state index in [0.717, 1.165) is 0 Å². The highest BCUT2D eigenvalue weighted by Gasteiger charge is 2.32. The number of aliphatic carboxylic acids is 1. The average Bonchev–Trinajstić information content (AvgIpc) is 2.72. The summed E-state index contributed by atoms with van der Waals surface area (Å²) in [6.07, 6.45) is -5.76. The lowest BCUT2D eigenvalue weighted by atomic mass is 10.2. The first kappa shape index (κ1) is 16.1. The van der Waals surface area contributed by atoms with Gasteiger partial charge in [-0.3, -0.25) is 0 Å². The fourth-order valence-electron chi connectivity index (χ4n) is 1.47. The molecule has 11 heteroatoms. The van der Waals surface area contributed by atoms with Crippen molar-refractivity contribution in [3.63, 3.8) is 0 Å². The van der Waals surface area contributed by atoms with Crippen LogP contribution in [-0.4, -0.2) is 51.0 Å². The summed E-state index contributed by atoms with van der Waals surface area (Å²) in [6.45, 7) is -1.96. The molecule has 1 aliphatic rings. The van der Waals surface area contributed by atoms with Crippen LogP contribution >= 0.6 is 0 Å². The van der Waals surface area contributed by atoms with E-state index < -0.39 is 41.1 Å². The molecule has 2 atom stereocenters. The second-order valence-electron chi connectivity index (χ2n) is 3.95. The number of alkyl halides is 3. The van der Waals surface area contributed by atoms with Gasteiger partial charge in [0.2, 0.25) is 0 Å². The van der Waals surface area contributed by atoms with Crippen LogP contribution in [0.1, 0.15) is 12.8 Å². The first-order valence-electron chi connectivity index (χ1n) is 5.28. The van der Waals surface area contributed by atoms with Crippen LogP contribution in [0.4, 0.5) is 13.2 Å². The standard InChI is InChI=1S/C8H13F3N2O5S/c9-8(10,11)4-13-19(16,17)12-3-5-1-2-6(18-5)7(14)15/h5-6,12-13H,1-4H2,(H,14,15). The van der Waals surface area contributed by atoms with Gasteiger partial charge in [-0.2, -0.15) is 31.0 Å². The van der Waals surface area contributed by atoms with Gasteiger partial charge >= 0.3 is 12.1 Å². The van der Waals surface area contributed by atoms with E-state index in [4.69, 9.17) is 9.84 Å². The van der Waals surface area contributed by atoms with Gasteiger partial charge < -0.3 is 9.84 Å². The Kier molecular flexibility index (Phi) is 5.12. The van der Waals surface area contributed by atoms with Gasteiger partial charge in [-0.15, -0.1) is 0 Å². The third-order valence-electron chi connectivity index (χ3n) is 2.35. The summed E-state index contributed by atoms with van der Waals surface area (Å²) >= 11 is 0. The summed E-state index contributed by atoms with van der Waals surface area (Å²) in [5.74, 6) is -1.15. The Morgan fingerprint density at radius 3 is 2.42 bits per heavy atom. The first-order valence-corrected chi connectivity index (χ1v) is 6.76. The number of halogens is 3. The maximum absolute atomic E-state index is 11.8. The van der Waals surface area contributed by atoms with Crippen molar-refractivity contribution in [2.75, 3.05) is 13.1 Å². The maximum Gasteiger partial charge on any atom is 0.402 e. The average molecular weight is 306 g/mol. The summed E-state index contributed by atoms with van der Waals surface area (Å²) in [6, 6.07) is 0. The van der Waals surface area contributed by atoms with Crippen LogP contribution in [0.3, 0.4) is 0 Å². The Balaban J connectivity index is 2.34. The molecule has 0 bridgehead atoms. The molecular weight excluding hydrogens is 293 g/mol. The zero-order chi connectivity index (χ0) is 14.7. The molecular formula is C8H13F3N2O5S. The van der Waals surface area contributed by atoms with Crippen molar-refractivity contribution >= 4 is 16.2 Å². The van der Waals surface area contributed by atoms with E-state index in [0.29, 0.717) is 6.42 Å². The molecule has 2 unspecified atom stereocenters. The Hall–Kier alpha value is -0.910. The molecule has 1 saturated heterocycles. The molecule has 3 N–H and O–H groups in total. The van der Waals surface area contributed by atoms with E-state index >= 15 is 0 Å². The number of carboxylic acid groups (broad SMARTS) is 1. The highest BCUT2D eigenvalue weighted by atomic mass is 32.2. The quantitative estimate of drug-likeness (QED) is 0.619. The molecule has 0 aromatic rings. The largest absolute Gasteiger partial charge is 0.479 e. The minimum absolute atomic E-state index is 0.234. The normalized spacial score (nSPS) is 24.6. The number of carbonyl (C=O) groups is 1. The van der Waals surface area contributed by atoms with E-state index in [1.807, 2.05) is 4.72 Å². The lowest BCUT2D eigenvalue weighted by Gasteiger charge is -2.13. The fraction of sp³-hybridized carbons (Fsp3) is 0.875. The van der Waals surface area contributed by atoms with Gasteiger partial charge in [0.05, 0.1) is 6.10 Å². The van der Waals surface area contributed by atoms with E-state index in [-0.39, 0.29) is 13.0 Å². The topological polar surface area (TPSA) is 105 Å². The Morgan fingerprint density at radius 2 is 1.95 bits per heavy atom. The summed E-state index contributed by atoms with van der Waals surface area (Å²) in [4.78, 5) is 10.6. The Bertz CT molecular complexity index is 425. The number of carboxylic acids is 1. The molecule has 1 rings (SSSR count). The minimum Gasteiger partial charge on any atom is -0.479 e. The van der Waals surface area contributed by atoms with Crippen LogP contribution in [0.5, 0.6) is 0 Å². The van der Waals surface area contributed by atoms with Crippen LogP contribution in [0.2, 0.25) is 0 Å². The molecule has 19 heavy (non-hydrogen) atoms. The molecule has 0 spiro atoms. The van der Waals surface area contributed by atoms with Crippen molar-refractivity contribution in [2.24, 2.45) is 0 Å². The SMILES string of the molecule is O=C(O)C1CCC(CNS(=O)(=O)NCC(F)(F)F)O1. The minimum atomic E-state index is -4.65. The van der Waals surface area contributed by atoms with Crippen LogP contribution in [0.15, 0.2) is 0 Å². The monoisotopic (exact) mass is 306 g/mol. The predicted octanol–water partition coefficient (Wildman–Crippen LogP) is -0.395. The van der Waals surface area contributed by atoms with Crippen LogP contribution in [0, 0.1) is 0 Å². The molecule has 0 aromatic heterocycles. The predicted molar refractivity (Wildman–Crippen MR) is 56.5 cm³/mol. The first-order chi connectivity index (χ1) is 8.59. The van der Waals surface area contributed by atoms with Crippen molar-refractivity contribution < 1.29 is 36.2 Å². The molecule has 1 heterocycles. The van der Waals surface area contributed by atoms with Crippen molar-refractivity contribution in [3.8, 4) is 0 Å². The summed E-state index contributed by atoms with van der Waals surface area (Å²) in [5, 5.41) is 8.63. The van der Waals surface area contributed by atoms with Crippen molar-refractivity contribution in [3.05, 3.63) is 0 Å². The van der Waals surface area contributed by atoms with E-state index in [2.05, 4.69) is 0 Å². The van der Waals surface area contributed by atoms with Gasteiger partial charge in [-0.05, 0) is 12.8 Å². The van der Waals surface area contributed by atoms with Crippen LogP contribution in [-0.2, 0) is 19.7 Å². The molecule has 1 aliphatic heterocycles. The number of hydrogen-bond donors (Lipinski definition) is 3. The molecule has 0 radical (unpaired) electrons. The van der Waals surface area contributed by atoms with Gasteiger partial charge in [0.25, 0.3) is 10.2 Å². The van der Waals surface area contributed by atoms with Gasteiger partial charge in [0.1, 0.15) is 6.54 Å². The number of hydrogen-bond acceptors (Lipinski definition) is 4. The molecule has 0 saturated carbocycles. The second kappa shape index (κ2) is 6.03. The third-order valence-corrected chi connectivity index (χ3v) is 3.42. The van der Waals surface area contributed by atoms with Gasteiger partial charge in [0.15, 0.2) is 6.10 Å². The second-order valence-corrected chi connectivity index (χ2v) is 5.53. The highest BCUT2D eigenvalue weighted by molar-refractivity contribution is 7.87. The summed E-state index contributed by atoms with van der Waals surface area (Å²) in [5.41, 5.74) is 0. The van der Waals surface area contributed by atoms with Gasteiger partial charge in [-0.25, -0.2) is 4.79 Å². The van der Waals surface area contributed by atoms with Crippen molar-refractivity contribution in [2.45, 2.75) is 31.2 Å². The smallest absolute Gasteiger partial charge is 0.402 e. The molecule has 1 fully saturated rings. The van der Waals surface area contributed by atoms with Gasteiger partial charge in [-0.1, -0.05) is 0 Å². The molecule has 7 nitrogen and oxygen atoms in total. The fourth-order valence-corrected chi connectivity index (χ4v) is 2.33. The zero-order valence-corrected chi connectivity index (χ0v) is 10.4. The van der Waals surface area contributed by atoms with E-state index in [1.54, 1.807) is 0 Å². The molecule has 112 valence electrons. The summed E-state index contributed by atoms with van der Waals surface area (Å²) in [7, 11) is -4.29. The summed E-state index contributed by atoms with van der Waals surface area (Å²) < 4.78 is 66.0. The molecule has 0 amide bonds. The van der Waals surface area contributed by atoms with Crippen molar-refractivity contribution in [1.29, 1.82) is 0 Å². The molecule has 0 aromatic carbocycles. The van der Waals surface area contributed by atoms with E-state index in [9.17, 15) is 26.4 Å². The Labute approximate surface area is 107 Å².